The number of allylic oxidation sites excluding steroid dienone is 2. The van der Waals surface area contributed by atoms with Crippen LogP contribution in [0.15, 0.2) is 35.6 Å². The van der Waals surface area contributed by atoms with Gasteiger partial charge in [-0.05, 0) is 43.2 Å². The summed E-state index contributed by atoms with van der Waals surface area (Å²) in [6.45, 7) is 0. The van der Waals surface area contributed by atoms with Gasteiger partial charge in [0.1, 0.15) is 5.76 Å². The lowest BCUT2D eigenvalue weighted by molar-refractivity contribution is 0.105. The van der Waals surface area contributed by atoms with Gasteiger partial charge in [0.2, 0.25) is 0 Å². The second kappa shape index (κ2) is 3.44. The average Bonchev–Trinajstić information content (AvgIpc) is 2.88. The van der Waals surface area contributed by atoms with Gasteiger partial charge >= 0.3 is 0 Å². The zero-order valence-electron chi connectivity index (χ0n) is 13.6. The molecule has 6 rings (SSSR count). The summed E-state index contributed by atoms with van der Waals surface area (Å²) in [7, 11) is 5.72. The number of ether oxygens (including phenoxy) is 3. The Kier molecular flexibility index (Phi) is 1.86. The minimum atomic E-state index is -0.0469. The van der Waals surface area contributed by atoms with Gasteiger partial charge in [-0.1, -0.05) is 12.1 Å². The highest BCUT2D eigenvalue weighted by molar-refractivity contribution is 5.72. The fourth-order valence-corrected chi connectivity index (χ4v) is 6.01. The Balaban J connectivity index is 1.70. The molecule has 0 amide bonds. The third-order valence-electron chi connectivity index (χ3n) is 6.90. The van der Waals surface area contributed by atoms with E-state index in [0.29, 0.717) is 6.04 Å². The maximum atomic E-state index is 6.47. The van der Waals surface area contributed by atoms with Crippen molar-refractivity contribution < 1.29 is 14.2 Å². The minimum Gasteiger partial charge on any atom is -0.497 e. The second-order valence-corrected chi connectivity index (χ2v) is 7.47. The molecule has 3 aliphatic carbocycles. The summed E-state index contributed by atoms with van der Waals surface area (Å²) in [5, 5.41) is 0. The van der Waals surface area contributed by atoms with E-state index in [0.717, 1.165) is 30.1 Å². The smallest absolute Gasteiger partial charge is 0.169 e. The maximum Gasteiger partial charge on any atom is 0.169 e. The molecule has 2 spiro atoms. The van der Waals surface area contributed by atoms with E-state index < -0.39 is 0 Å². The van der Waals surface area contributed by atoms with Crippen molar-refractivity contribution >= 4 is 0 Å². The fourth-order valence-electron chi connectivity index (χ4n) is 6.01. The molecule has 1 saturated carbocycles. The first-order valence-corrected chi connectivity index (χ1v) is 8.23. The van der Waals surface area contributed by atoms with Crippen molar-refractivity contribution in [1.82, 2.24) is 4.90 Å². The Labute approximate surface area is 135 Å². The van der Waals surface area contributed by atoms with Gasteiger partial charge < -0.3 is 14.2 Å². The number of rotatable bonds is 2. The second-order valence-electron chi connectivity index (χ2n) is 7.47. The summed E-state index contributed by atoms with van der Waals surface area (Å²) in [5.74, 6) is 2.70. The topological polar surface area (TPSA) is 30.7 Å². The van der Waals surface area contributed by atoms with Crippen LogP contribution in [0.4, 0.5) is 0 Å². The van der Waals surface area contributed by atoms with E-state index >= 15 is 0 Å². The van der Waals surface area contributed by atoms with Crippen LogP contribution in [0.3, 0.4) is 0 Å². The molecule has 23 heavy (non-hydrogen) atoms. The van der Waals surface area contributed by atoms with Crippen LogP contribution >= 0.6 is 0 Å². The van der Waals surface area contributed by atoms with Gasteiger partial charge in [-0.3, -0.25) is 4.90 Å². The summed E-state index contributed by atoms with van der Waals surface area (Å²) >= 11 is 0. The van der Waals surface area contributed by atoms with Crippen LogP contribution in [0.2, 0.25) is 0 Å². The molecular weight excluding hydrogens is 290 g/mol. The first-order valence-electron chi connectivity index (χ1n) is 8.23. The lowest BCUT2D eigenvalue weighted by Crippen LogP contribution is -2.47. The monoisotopic (exact) mass is 309 g/mol. The van der Waals surface area contributed by atoms with Gasteiger partial charge in [0.25, 0.3) is 0 Å². The summed E-state index contributed by atoms with van der Waals surface area (Å²) in [5.41, 5.74) is 4.53. The first kappa shape index (κ1) is 12.5. The van der Waals surface area contributed by atoms with Gasteiger partial charge in [0.05, 0.1) is 25.7 Å². The summed E-state index contributed by atoms with van der Waals surface area (Å²) in [6.07, 6.45) is 6.59. The molecule has 118 valence electrons. The molecule has 3 unspecified atom stereocenters. The molecule has 1 saturated heterocycles. The van der Waals surface area contributed by atoms with E-state index in [4.69, 9.17) is 14.2 Å². The molecule has 2 heterocycles. The third-order valence-corrected chi connectivity index (χ3v) is 6.90. The normalized spacial score (nSPS) is 43.0. The molecule has 4 heteroatoms. The molecule has 5 aliphatic rings. The van der Waals surface area contributed by atoms with E-state index in [1.165, 1.54) is 16.7 Å². The van der Waals surface area contributed by atoms with Crippen LogP contribution in [0.5, 0.6) is 11.5 Å². The maximum absolute atomic E-state index is 6.47. The number of hydrogen-bond donors (Lipinski definition) is 0. The van der Waals surface area contributed by atoms with Crippen molar-refractivity contribution in [3.63, 3.8) is 0 Å². The molecule has 0 N–H and O–H groups in total. The highest BCUT2D eigenvalue weighted by Crippen LogP contribution is 2.74. The predicted molar refractivity (Wildman–Crippen MR) is 84.9 cm³/mol. The van der Waals surface area contributed by atoms with E-state index in [9.17, 15) is 0 Å². The molecular formula is C19H19NO3. The number of likely N-dealkylation sites (N-methyl/N-ethyl adjacent to an activating group) is 1. The van der Waals surface area contributed by atoms with Crippen LogP contribution < -0.4 is 9.47 Å². The Morgan fingerprint density at radius 1 is 1.22 bits per heavy atom. The van der Waals surface area contributed by atoms with Crippen LogP contribution in [-0.4, -0.2) is 43.9 Å². The fraction of sp³-hybridized carbons (Fsp3) is 0.474. The van der Waals surface area contributed by atoms with Crippen LogP contribution in [-0.2, 0) is 16.6 Å². The molecule has 0 radical (unpaired) electrons. The molecule has 2 aliphatic heterocycles. The number of piperidine rings is 1. The Morgan fingerprint density at radius 2 is 2.09 bits per heavy atom. The molecule has 2 bridgehead atoms. The van der Waals surface area contributed by atoms with Crippen molar-refractivity contribution in [3.8, 4) is 11.5 Å². The largest absolute Gasteiger partial charge is 0.497 e. The highest BCUT2D eigenvalue weighted by atomic mass is 16.6. The van der Waals surface area contributed by atoms with Gasteiger partial charge in [-0.15, -0.1) is 0 Å². The zero-order valence-corrected chi connectivity index (χ0v) is 13.6. The van der Waals surface area contributed by atoms with Gasteiger partial charge in [-0.25, -0.2) is 0 Å². The Hall–Kier alpha value is -1.94. The molecule has 1 aromatic carbocycles. The Morgan fingerprint density at radius 3 is 2.87 bits per heavy atom. The number of fused-ring (bicyclic) bond motifs is 1. The number of hydrogen-bond acceptors (Lipinski definition) is 4. The first-order chi connectivity index (χ1) is 11.2. The Bertz CT molecular complexity index is 841. The molecule has 2 fully saturated rings. The lowest BCUT2D eigenvalue weighted by atomic mass is 9.64. The van der Waals surface area contributed by atoms with Crippen molar-refractivity contribution in [1.29, 1.82) is 0 Å². The number of nitrogens with zero attached hydrogens (tertiary/aromatic N) is 1. The minimum absolute atomic E-state index is 0.0454. The molecule has 5 atom stereocenters. The number of likely N-dealkylation sites (tertiary alicyclic amines) is 1. The highest BCUT2D eigenvalue weighted by Gasteiger charge is 2.79. The number of methoxy groups -OCH3 is 2. The van der Waals surface area contributed by atoms with Gasteiger partial charge in [0.15, 0.2) is 17.6 Å². The van der Waals surface area contributed by atoms with Crippen molar-refractivity contribution in [3.05, 3.63) is 46.7 Å². The zero-order chi connectivity index (χ0) is 15.6. The van der Waals surface area contributed by atoms with E-state index in [1.807, 2.05) is 0 Å². The number of benzene rings is 1. The SMILES string of the molecule is COC1=CC=C2C3N(C)[C@@]34Cc3ccc(OC)c5c3[C@@]2(C4)C1O5. The van der Waals surface area contributed by atoms with Crippen molar-refractivity contribution in [2.24, 2.45) is 0 Å². The van der Waals surface area contributed by atoms with Crippen molar-refractivity contribution in [2.45, 2.75) is 35.9 Å². The molecule has 4 nitrogen and oxygen atoms in total. The van der Waals surface area contributed by atoms with Crippen molar-refractivity contribution in [2.75, 3.05) is 21.3 Å². The average molecular weight is 309 g/mol. The van der Waals surface area contributed by atoms with E-state index in [1.54, 1.807) is 14.2 Å². The third kappa shape index (κ3) is 1.05. The summed E-state index contributed by atoms with van der Waals surface area (Å²) in [4.78, 5) is 2.54. The molecule has 0 aromatic heterocycles. The molecule has 1 aromatic rings. The van der Waals surface area contributed by atoms with E-state index in [2.05, 4.69) is 36.2 Å². The quantitative estimate of drug-likeness (QED) is 0.784. The summed E-state index contributed by atoms with van der Waals surface area (Å²) < 4.78 is 17.7. The summed E-state index contributed by atoms with van der Waals surface area (Å²) in [6, 6.07) is 4.84. The predicted octanol–water partition coefficient (Wildman–Crippen LogP) is 2.18. The van der Waals surface area contributed by atoms with Crippen LogP contribution in [0.25, 0.3) is 0 Å². The standard InChI is InChI=1S/C19H19NO3/c1-20-16-11-5-7-13(22-3)17-19(11)9-18(16,20)8-10-4-6-12(21-2)15(23-17)14(10)19/h4-7,16-17H,8-9H2,1-3H3/t16?,17?,18-,19+,20?/m1/s1. The van der Waals surface area contributed by atoms with Crippen LogP contribution in [0.1, 0.15) is 17.5 Å². The lowest BCUT2D eigenvalue weighted by Gasteiger charge is -2.41. The van der Waals surface area contributed by atoms with Crippen LogP contribution in [0, 0.1) is 0 Å². The van der Waals surface area contributed by atoms with Gasteiger partial charge in [-0.2, -0.15) is 0 Å². The van der Waals surface area contributed by atoms with Gasteiger partial charge in [0, 0.05) is 11.1 Å². The van der Waals surface area contributed by atoms with E-state index in [-0.39, 0.29) is 17.1 Å².